The smallest absolute Gasteiger partial charge is 0.296 e. The quantitative estimate of drug-likeness (QED) is 0.293. The van der Waals surface area contributed by atoms with Gasteiger partial charge in [0.2, 0.25) is 0 Å². The lowest BCUT2D eigenvalue weighted by Gasteiger charge is -2.08. The highest BCUT2D eigenvalue weighted by Crippen LogP contribution is 2.17. The number of rotatable bonds is 11. The largest absolute Gasteiger partial charge is 0.489 e. The third kappa shape index (κ3) is 7.01. The van der Waals surface area contributed by atoms with Gasteiger partial charge in [0.15, 0.2) is 0 Å². The molecule has 0 aliphatic heterocycles. The van der Waals surface area contributed by atoms with Crippen molar-refractivity contribution in [1.29, 1.82) is 0 Å². The molecule has 0 aliphatic carbocycles. The number of benzene rings is 3. The van der Waals surface area contributed by atoms with E-state index in [9.17, 15) is 8.42 Å². The zero-order chi connectivity index (χ0) is 21.2. The zero-order valence-corrected chi connectivity index (χ0v) is 18.1. The molecule has 158 valence electrons. The fraction of sp³-hybridized carbons (Fsp3) is 0.280. The van der Waals surface area contributed by atoms with Gasteiger partial charge in [0.25, 0.3) is 10.1 Å². The van der Waals surface area contributed by atoms with E-state index in [2.05, 4.69) is 12.1 Å². The van der Waals surface area contributed by atoms with Crippen molar-refractivity contribution in [3.8, 4) is 5.75 Å². The lowest BCUT2D eigenvalue weighted by atomic mass is 10.1. The van der Waals surface area contributed by atoms with E-state index in [4.69, 9.17) is 8.92 Å². The van der Waals surface area contributed by atoms with Gasteiger partial charge in [0.05, 0.1) is 11.5 Å². The Kier molecular flexibility index (Phi) is 8.05. The number of ether oxygens (including phenoxy) is 1. The van der Waals surface area contributed by atoms with Crippen molar-refractivity contribution in [2.24, 2.45) is 0 Å². The van der Waals surface area contributed by atoms with Crippen molar-refractivity contribution in [2.45, 2.75) is 44.1 Å². The summed E-state index contributed by atoms with van der Waals surface area (Å²) in [4.78, 5) is 0.211. The lowest BCUT2D eigenvalue weighted by molar-refractivity contribution is 0.306. The Balaban J connectivity index is 1.33. The van der Waals surface area contributed by atoms with Crippen LogP contribution >= 0.6 is 0 Å². The van der Waals surface area contributed by atoms with E-state index < -0.39 is 10.1 Å². The number of hydrogen-bond acceptors (Lipinski definition) is 4. The van der Waals surface area contributed by atoms with Crippen LogP contribution in [-0.4, -0.2) is 15.0 Å². The second-order valence-electron chi connectivity index (χ2n) is 7.32. The van der Waals surface area contributed by atoms with Crippen molar-refractivity contribution < 1.29 is 17.3 Å². The number of unbranched alkanes of at least 4 members (excludes halogenated alkanes) is 2. The minimum atomic E-state index is -3.66. The standard InChI is InChI=1S/C25H28O4S/c1-21-11-17-25(18-12-21)30(26,27)29-19-7-3-6-8-22-13-15-24(16-14-22)28-20-23-9-4-2-5-10-23/h2,4-5,9-18H,3,6-8,19-20H2,1H3. The first-order valence-corrected chi connectivity index (χ1v) is 11.7. The minimum Gasteiger partial charge on any atom is -0.489 e. The molecule has 0 unspecified atom stereocenters. The van der Waals surface area contributed by atoms with Gasteiger partial charge in [0, 0.05) is 0 Å². The fourth-order valence-electron chi connectivity index (χ4n) is 3.04. The molecule has 0 saturated heterocycles. The maximum atomic E-state index is 12.1. The van der Waals surface area contributed by atoms with Crippen LogP contribution in [0.2, 0.25) is 0 Å². The van der Waals surface area contributed by atoms with Gasteiger partial charge in [-0.3, -0.25) is 4.18 Å². The summed E-state index contributed by atoms with van der Waals surface area (Å²) in [5.41, 5.74) is 3.41. The summed E-state index contributed by atoms with van der Waals surface area (Å²) >= 11 is 0. The molecule has 3 aromatic carbocycles. The molecule has 5 heteroatoms. The van der Waals surface area contributed by atoms with Crippen molar-refractivity contribution >= 4 is 10.1 Å². The molecule has 0 N–H and O–H groups in total. The second-order valence-corrected chi connectivity index (χ2v) is 8.93. The van der Waals surface area contributed by atoms with E-state index in [0.29, 0.717) is 13.0 Å². The average molecular weight is 425 g/mol. The SMILES string of the molecule is Cc1ccc(S(=O)(=O)OCCCCCc2ccc(OCc3ccccc3)cc2)cc1. The Bertz CT molecular complexity index is 995. The number of hydrogen-bond donors (Lipinski definition) is 0. The van der Waals surface area contributed by atoms with Gasteiger partial charge in [-0.05, 0) is 61.6 Å². The summed E-state index contributed by atoms with van der Waals surface area (Å²) in [6.45, 7) is 2.69. The van der Waals surface area contributed by atoms with E-state index in [-0.39, 0.29) is 11.5 Å². The molecular formula is C25H28O4S. The maximum absolute atomic E-state index is 12.1. The average Bonchev–Trinajstić information content (AvgIpc) is 2.76. The predicted molar refractivity (Wildman–Crippen MR) is 119 cm³/mol. The van der Waals surface area contributed by atoms with E-state index >= 15 is 0 Å². The van der Waals surface area contributed by atoms with Crippen LogP contribution in [0.1, 0.15) is 36.0 Å². The monoisotopic (exact) mass is 424 g/mol. The molecule has 3 aromatic rings. The molecule has 0 amide bonds. The van der Waals surface area contributed by atoms with Gasteiger partial charge in [-0.25, -0.2) is 0 Å². The molecule has 0 atom stereocenters. The van der Waals surface area contributed by atoms with Crippen LogP contribution in [-0.2, 0) is 27.3 Å². The first-order valence-electron chi connectivity index (χ1n) is 10.2. The maximum Gasteiger partial charge on any atom is 0.296 e. The van der Waals surface area contributed by atoms with E-state index in [1.165, 1.54) is 5.56 Å². The molecule has 0 fully saturated rings. The van der Waals surface area contributed by atoms with Crippen LogP contribution in [0.25, 0.3) is 0 Å². The van der Waals surface area contributed by atoms with E-state index in [1.807, 2.05) is 49.4 Å². The van der Waals surface area contributed by atoms with Crippen LogP contribution in [0.4, 0.5) is 0 Å². The molecule has 0 radical (unpaired) electrons. The number of aryl methyl sites for hydroxylation is 2. The molecule has 0 heterocycles. The van der Waals surface area contributed by atoms with Crippen molar-refractivity contribution in [1.82, 2.24) is 0 Å². The Morgan fingerprint density at radius 3 is 2.13 bits per heavy atom. The summed E-state index contributed by atoms with van der Waals surface area (Å²) in [6.07, 6.45) is 3.56. The summed E-state index contributed by atoms with van der Waals surface area (Å²) < 4.78 is 35.2. The summed E-state index contributed by atoms with van der Waals surface area (Å²) in [5.74, 6) is 0.859. The summed E-state index contributed by atoms with van der Waals surface area (Å²) in [5, 5.41) is 0. The van der Waals surface area contributed by atoms with Crippen LogP contribution in [0, 0.1) is 6.92 Å². The Labute approximate surface area is 179 Å². The minimum absolute atomic E-state index is 0.211. The Morgan fingerprint density at radius 1 is 0.733 bits per heavy atom. The first-order chi connectivity index (χ1) is 14.5. The van der Waals surface area contributed by atoms with Gasteiger partial charge in [-0.1, -0.05) is 66.6 Å². The van der Waals surface area contributed by atoms with E-state index in [1.54, 1.807) is 24.3 Å². The Morgan fingerprint density at radius 2 is 1.43 bits per heavy atom. The predicted octanol–water partition coefficient (Wildman–Crippen LogP) is 5.69. The molecule has 30 heavy (non-hydrogen) atoms. The van der Waals surface area contributed by atoms with Gasteiger partial charge in [-0.15, -0.1) is 0 Å². The van der Waals surface area contributed by atoms with E-state index in [0.717, 1.165) is 36.1 Å². The summed E-state index contributed by atoms with van der Waals surface area (Å²) in [7, 11) is -3.66. The third-order valence-electron chi connectivity index (χ3n) is 4.83. The molecule has 0 bridgehead atoms. The fourth-order valence-corrected chi connectivity index (χ4v) is 3.99. The highest BCUT2D eigenvalue weighted by molar-refractivity contribution is 7.86. The van der Waals surface area contributed by atoms with Crippen LogP contribution in [0.3, 0.4) is 0 Å². The molecule has 0 aliphatic rings. The highest BCUT2D eigenvalue weighted by atomic mass is 32.2. The van der Waals surface area contributed by atoms with Crippen LogP contribution < -0.4 is 4.74 Å². The highest BCUT2D eigenvalue weighted by Gasteiger charge is 2.14. The van der Waals surface area contributed by atoms with Gasteiger partial charge in [-0.2, -0.15) is 8.42 Å². The topological polar surface area (TPSA) is 52.6 Å². The second kappa shape index (κ2) is 11.0. The van der Waals surface area contributed by atoms with Gasteiger partial charge >= 0.3 is 0 Å². The third-order valence-corrected chi connectivity index (χ3v) is 6.16. The summed E-state index contributed by atoms with van der Waals surface area (Å²) in [6, 6.07) is 25.0. The van der Waals surface area contributed by atoms with Crippen molar-refractivity contribution in [3.05, 3.63) is 95.6 Å². The van der Waals surface area contributed by atoms with Crippen LogP contribution in [0.5, 0.6) is 5.75 Å². The molecule has 3 rings (SSSR count). The zero-order valence-electron chi connectivity index (χ0n) is 17.3. The van der Waals surface area contributed by atoms with Gasteiger partial charge in [0.1, 0.15) is 12.4 Å². The molecule has 0 spiro atoms. The van der Waals surface area contributed by atoms with Crippen molar-refractivity contribution in [2.75, 3.05) is 6.61 Å². The van der Waals surface area contributed by atoms with Crippen LogP contribution in [0.15, 0.2) is 83.8 Å². The normalized spacial score (nSPS) is 11.4. The molecule has 4 nitrogen and oxygen atoms in total. The molecule has 0 aromatic heterocycles. The van der Waals surface area contributed by atoms with Crippen molar-refractivity contribution in [3.63, 3.8) is 0 Å². The van der Waals surface area contributed by atoms with Gasteiger partial charge < -0.3 is 4.74 Å². The molecule has 0 saturated carbocycles. The lowest BCUT2D eigenvalue weighted by Crippen LogP contribution is -2.07. The first kappa shape index (κ1) is 22.1. The Hall–Kier alpha value is -2.63. The molecular weight excluding hydrogens is 396 g/mol.